The molecular formula is C26H13ClF6N2O2. The average molecular weight is 535 g/mol. The first kappa shape index (κ1) is 24.6. The summed E-state index contributed by atoms with van der Waals surface area (Å²) in [7, 11) is 0. The summed E-state index contributed by atoms with van der Waals surface area (Å²) < 4.78 is 81.5. The third kappa shape index (κ3) is 4.48. The highest BCUT2D eigenvalue weighted by atomic mass is 35.5. The molecule has 2 amide bonds. The highest BCUT2D eigenvalue weighted by Gasteiger charge is 2.36. The van der Waals surface area contributed by atoms with Gasteiger partial charge in [-0.05, 0) is 65.4 Å². The Labute approximate surface area is 209 Å². The number of hydrogen-bond donors (Lipinski definition) is 2. The minimum absolute atomic E-state index is 0.0344. The molecule has 4 aromatic rings. The molecule has 1 unspecified atom stereocenters. The van der Waals surface area contributed by atoms with Crippen LogP contribution in [0.5, 0.6) is 0 Å². The third-order valence-corrected chi connectivity index (χ3v) is 6.28. The maximum absolute atomic E-state index is 14.1. The molecule has 0 saturated carbocycles. The normalized spacial score (nSPS) is 15.0. The van der Waals surface area contributed by atoms with Crippen molar-refractivity contribution in [1.29, 1.82) is 0 Å². The van der Waals surface area contributed by atoms with E-state index >= 15 is 0 Å². The van der Waals surface area contributed by atoms with Gasteiger partial charge in [-0.1, -0.05) is 17.7 Å². The summed E-state index contributed by atoms with van der Waals surface area (Å²) in [6, 6.07) is 8.68. The molecule has 1 atom stereocenters. The number of carbonyl (C=O) groups is 2. The molecule has 4 aromatic carbocycles. The molecule has 37 heavy (non-hydrogen) atoms. The summed E-state index contributed by atoms with van der Waals surface area (Å²) in [4.78, 5) is 26.0. The fourth-order valence-electron chi connectivity index (χ4n) is 4.36. The molecule has 0 radical (unpaired) electrons. The van der Waals surface area contributed by atoms with Gasteiger partial charge in [0.05, 0.1) is 17.2 Å². The first-order valence-corrected chi connectivity index (χ1v) is 11.0. The van der Waals surface area contributed by atoms with Crippen LogP contribution in [0.1, 0.15) is 43.4 Å². The maximum atomic E-state index is 14.1. The van der Waals surface area contributed by atoms with Crippen LogP contribution < -0.4 is 10.6 Å². The number of benzene rings is 4. The number of nitrogens with one attached hydrogen (secondary N) is 2. The zero-order valence-corrected chi connectivity index (χ0v) is 19.1. The summed E-state index contributed by atoms with van der Waals surface area (Å²) in [6.45, 7) is 0. The lowest BCUT2D eigenvalue weighted by Gasteiger charge is -2.19. The molecule has 1 aliphatic heterocycles. The molecule has 4 nitrogen and oxygen atoms in total. The number of hydrogen-bond acceptors (Lipinski definition) is 2. The van der Waals surface area contributed by atoms with E-state index in [1.807, 2.05) is 0 Å². The molecule has 0 aromatic heterocycles. The van der Waals surface area contributed by atoms with Gasteiger partial charge in [0.2, 0.25) is 0 Å². The van der Waals surface area contributed by atoms with Gasteiger partial charge in [-0.15, -0.1) is 0 Å². The van der Waals surface area contributed by atoms with Gasteiger partial charge in [0.15, 0.2) is 0 Å². The van der Waals surface area contributed by atoms with Crippen molar-refractivity contribution in [2.24, 2.45) is 0 Å². The number of carbonyl (C=O) groups excluding carboxylic acids is 2. The predicted octanol–water partition coefficient (Wildman–Crippen LogP) is 7.01. The largest absolute Gasteiger partial charge is 0.416 e. The van der Waals surface area contributed by atoms with Crippen LogP contribution in [0.15, 0.2) is 60.7 Å². The van der Waals surface area contributed by atoms with E-state index in [1.54, 1.807) is 0 Å². The van der Waals surface area contributed by atoms with Crippen LogP contribution in [0.4, 0.5) is 32.0 Å². The van der Waals surface area contributed by atoms with E-state index in [0.29, 0.717) is 17.5 Å². The van der Waals surface area contributed by atoms with Crippen LogP contribution in [0, 0.1) is 17.5 Å². The van der Waals surface area contributed by atoms with Crippen LogP contribution in [0.25, 0.3) is 10.8 Å². The molecule has 0 bridgehead atoms. The van der Waals surface area contributed by atoms with E-state index in [0.717, 1.165) is 24.3 Å². The fraction of sp³-hybridized carbons (Fsp3) is 0.0769. The molecule has 5 rings (SSSR count). The Balaban J connectivity index is 1.69. The molecule has 1 heterocycles. The van der Waals surface area contributed by atoms with Crippen LogP contribution in [0.2, 0.25) is 5.02 Å². The lowest BCUT2D eigenvalue weighted by molar-refractivity contribution is -0.137. The Kier molecular flexibility index (Phi) is 5.86. The zero-order chi connectivity index (χ0) is 26.6. The van der Waals surface area contributed by atoms with Gasteiger partial charge in [0, 0.05) is 27.4 Å². The highest BCUT2D eigenvalue weighted by molar-refractivity contribution is 6.31. The van der Waals surface area contributed by atoms with E-state index in [1.165, 1.54) is 18.2 Å². The molecule has 1 aliphatic rings. The third-order valence-electron chi connectivity index (χ3n) is 5.94. The van der Waals surface area contributed by atoms with Crippen molar-refractivity contribution in [2.45, 2.75) is 12.2 Å². The Hall–Kier alpha value is -4.05. The van der Waals surface area contributed by atoms with Gasteiger partial charge < -0.3 is 10.6 Å². The average Bonchev–Trinajstić information content (AvgIpc) is 3.17. The van der Waals surface area contributed by atoms with Gasteiger partial charge in [0.1, 0.15) is 17.5 Å². The Morgan fingerprint density at radius 3 is 2.32 bits per heavy atom. The number of rotatable bonds is 3. The number of amides is 2. The van der Waals surface area contributed by atoms with Gasteiger partial charge in [-0.25, -0.2) is 13.2 Å². The minimum atomic E-state index is -4.90. The maximum Gasteiger partial charge on any atom is 0.416 e. The van der Waals surface area contributed by atoms with Crippen molar-refractivity contribution in [1.82, 2.24) is 5.32 Å². The second-order valence-corrected chi connectivity index (χ2v) is 8.74. The first-order chi connectivity index (χ1) is 17.4. The van der Waals surface area contributed by atoms with Gasteiger partial charge in [-0.3, -0.25) is 9.59 Å². The van der Waals surface area contributed by atoms with Crippen molar-refractivity contribution < 1.29 is 35.9 Å². The lowest BCUT2D eigenvalue weighted by atomic mass is 9.92. The molecule has 0 fully saturated rings. The Morgan fingerprint density at radius 2 is 1.59 bits per heavy atom. The number of fused-ring (bicyclic) bond motifs is 3. The monoisotopic (exact) mass is 534 g/mol. The van der Waals surface area contributed by atoms with E-state index in [4.69, 9.17) is 11.6 Å². The summed E-state index contributed by atoms with van der Waals surface area (Å²) in [5.74, 6) is -4.36. The molecule has 0 spiro atoms. The van der Waals surface area contributed by atoms with Gasteiger partial charge in [-0.2, -0.15) is 13.2 Å². The Morgan fingerprint density at radius 1 is 0.892 bits per heavy atom. The predicted molar refractivity (Wildman–Crippen MR) is 124 cm³/mol. The van der Waals surface area contributed by atoms with Crippen LogP contribution in [0.3, 0.4) is 0 Å². The van der Waals surface area contributed by atoms with Crippen molar-refractivity contribution >= 4 is 39.9 Å². The molecule has 2 N–H and O–H groups in total. The fourth-order valence-corrected chi connectivity index (χ4v) is 4.58. The quantitative estimate of drug-likeness (QED) is 0.278. The number of anilines is 1. The van der Waals surface area contributed by atoms with Crippen LogP contribution >= 0.6 is 11.6 Å². The van der Waals surface area contributed by atoms with E-state index in [2.05, 4.69) is 10.6 Å². The molecule has 0 saturated heterocycles. The topological polar surface area (TPSA) is 58.2 Å². The highest BCUT2D eigenvalue weighted by Crippen LogP contribution is 2.43. The SMILES string of the molecule is O=C(Nc1cc2ccc(F)cc2c2c1C(c1cc(F)ccc1Cl)NC2=O)c1cc(F)cc(C(F)(F)F)c1. The van der Waals surface area contributed by atoms with Gasteiger partial charge in [0.25, 0.3) is 11.8 Å². The van der Waals surface area contributed by atoms with E-state index in [-0.39, 0.29) is 38.9 Å². The second-order valence-electron chi connectivity index (χ2n) is 8.33. The van der Waals surface area contributed by atoms with E-state index in [9.17, 15) is 35.9 Å². The second kappa shape index (κ2) is 8.81. The van der Waals surface area contributed by atoms with Crippen molar-refractivity contribution in [3.05, 3.63) is 111 Å². The smallest absolute Gasteiger partial charge is 0.341 e. The molecule has 188 valence electrons. The first-order valence-electron chi connectivity index (χ1n) is 10.6. The lowest BCUT2D eigenvalue weighted by Crippen LogP contribution is -2.21. The standard InChI is InChI=1S/C26H13ClF6N2O2/c27-19-4-3-15(29)10-18(19)23-22-20(7-11-1-2-14(28)9-17(11)21(22)25(37)35-23)34-24(36)12-5-13(26(31,32)33)8-16(30)6-12/h1-10,23H,(H,34,36)(H,35,37). The van der Waals surface area contributed by atoms with Crippen LogP contribution in [-0.4, -0.2) is 11.8 Å². The minimum Gasteiger partial charge on any atom is -0.341 e. The Bertz CT molecular complexity index is 1620. The summed E-state index contributed by atoms with van der Waals surface area (Å²) in [5.41, 5.74) is -1.84. The zero-order valence-electron chi connectivity index (χ0n) is 18.3. The van der Waals surface area contributed by atoms with Gasteiger partial charge >= 0.3 is 6.18 Å². The summed E-state index contributed by atoms with van der Waals surface area (Å²) in [5, 5.41) is 5.66. The molecule has 0 aliphatic carbocycles. The van der Waals surface area contributed by atoms with E-state index < -0.39 is 52.6 Å². The number of halogens is 7. The molecular weight excluding hydrogens is 522 g/mol. The van der Waals surface area contributed by atoms with Crippen molar-refractivity contribution in [3.8, 4) is 0 Å². The van der Waals surface area contributed by atoms with Crippen molar-refractivity contribution in [3.63, 3.8) is 0 Å². The summed E-state index contributed by atoms with van der Waals surface area (Å²) in [6.07, 6.45) is -4.90. The summed E-state index contributed by atoms with van der Waals surface area (Å²) >= 11 is 6.25. The number of alkyl halides is 3. The van der Waals surface area contributed by atoms with Crippen LogP contribution in [-0.2, 0) is 6.18 Å². The van der Waals surface area contributed by atoms with Crippen molar-refractivity contribution in [2.75, 3.05) is 5.32 Å². The molecule has 11 heteroatoms.